The summed E-state index contributed by atoms with van der Waals surface area (Å²) in [5.41, 5.74) is 5.24. The normalized spacial score (nSPS) is 11.6. The van der Waals surface area contributed by atoms with Crippen molar-refractivity contribution in [1.82, 2.24) is 14.5 Å². The first kappa shape index (κ1) is 21.5. The Morgan fingerprint density at radius 3 is 2.29 bits per heavy atom. The third-order valence-electron chi connectivity index (χ3n) is 6.76. The summed E-state index contributed by atoms with van der Waals surface area (Å²) in [6.45, 7) is 0.620. The van der Waals surface area contributed by atoms with E-state index in [9.17, 15) is 4.39 Å². The number of fused-ring (bicyclic) bond motifs is 3. The Hall–Kier alpha value is -4.05. The van der Waals surface area contributed by atoms with Crippen LogP contribution in [0.2, 0.25) is 0 Å². The van der Waals surface area contributed by atoms with Gasteiger partial charge in [0.1, 0.15) is 0 Å². The maximum Gasteiger partial charge on any atom is 0.0894 e. The van der Waals surface area contributed by atoms with Gasteiger partial charge in [0, 0.05) is 57.9 Å². The van der Waals surface area contributed by atoms with Crippen LogP contribution < -0.4 is 0 Å². The van der Waals surface area contributed by atoms with E-state index in [4.69, 9.17) is 4.98 Å². The van der Waals surface area contributed by atoms with Crippen molar-refractivity contribution >= 4 is 32.4 Å². The molecule has 3 nitrogen and oxygen atoms in total. The molecule has 0 saturated heterocycles. The topological polar surface area (TPSA) is 30.7 Å². The molecule has 3 aromatic carbocycles. The minimum absolute atomic E-state index is 0.247. The second-order valence-corrected chi connectivity index (χ2v) is 8.99. The van der Waals surface area contributed by atoms with Gasteiger partial charge < -0.3 is 4.57 Å². The molecule has 0 atom stereocenters. The van der Waals surface area contributed by atoms with Crippen LogP contribution in [-0.4, -0.2) is 21.2 Å². The zero-order valence-corrected chi connectivity index (χ0v) is 19.5. The molecule has 0 aliphatic carbocycles. The second kappa shape index (κ2) is 9.30. The largest absolute Gasteiger partial charge is 0.347 e. The lowest BCUT2D eigenvalue weighted by molar-refractivity contribution is 0.449. The fraction of sp³-hybridized carbons (Fsp3) is 0.161. The fourth-order valence-electron chi connectivity index (χ4n) is 5.04. The predicted molar refractivity (Wildman–Crippen MR) is 143 cm³/mol. The van der Waals surface area contributed by atoms with Crippen molar-refractivity contribution in [3.05, 3.63) is 97.5 Å². The Kier molecular flexibility index (Phi) is 5.71. The Morgan fingerprint density at radius 2 is 1.43 bits per heavy atom. The molecule has 0 radical (unpaired) electrons. The molecule has 172 valence electrons. The van der Waals surface area contributed by atoms with E-state index in [-0.39, 0.29) is 6.67 Å². The van der Waals surface area contributed by atoms with Crippen molar-refractivity contribution in [3.8, 4) is 22.5 Å². The van der Waals surface area contributed by atoms with Gasteiger partial charge in [0.05, 0.1) is 18.1 Å². The van der Waals surface area contributed by atoms with Gasteiger partial charge in [0.25, 0.3) is 0 Å². The zero-order valence-electron chi connectivity index (χ0n) is 19.5. The number of pyridine rings is 2. The van der Waals surface area contributed by atoms with Crippen molar-refractivity contribution in [2.75, 3.05) is 6.67 Å². The number of rotatable bonds is 7. The molecule has 0 fully saturated rings. The summed E-state index contributed by atoms with van der Waals surface area (Å²) in [6, 6.07) is 27.4. The van der Waals surface area contributed by atoms with E-state index in [0.29, 0.717) is 6.42 Å². The average Bonchev–Trinajstić information content (AvgIpc) is 3.28. The maximum atomic E-state index is 12.6. The molecule has 0 bridgehead atoms. The van der Waals surface area contributed by atoms with Crippen molar-refractivity contribution in [2.45, 2.75) is 25.8 Å². The number of alkyl halides is 1. The first-order chi connectivity index (χ1) is 17.3. The minimum atomic E-state index is -0.247. The summed E-state index contributed by atoms with van der Waals surface area (Å²) in [6.07, 6.45) is 8.51. The van der Waals surface area contributed by atoms with E-state index in [0.717, 1.165) is 63.4 Å². The third-order valence-corrected chi connectivity index (χ3v) is 6.76. The molecule has 35 heavy (non-hydrogen) atoms. The van der Waals surface area contributed by atoms with Gasteiger partial charge >= 0.3 is 0 Å². The first-order valence-electron chi connectivity index (χ1n) is 12.2. The summed E-state index contributed by atoms with van der Waals surface area (Å²) in [4.78, 5) is 9.77. The van der Waals surface area contributed by atoms with Crippen LogP contribution in [0, 0.1) is 0 Å². The molecule has 0 saturated carbocycles. The predicted octanol–water partition coefficient (Wildman–Crippen LogP) is 8.21. The van der Waals surface area contributed by atoms with Crippen LogP contribution in [0.25, 0.3) is 55.0 Å². The summed E-state index contributed by atoms with van der Waals surface area (Å²) < 4.78 is 14.9. The average molecular weight is 460 g/mol. The van der Waals surface area contributed by atoms with Gasteiger partial charge in [0.15, 0.2) is 0 Å². The molecule has 4 heteroatoms. The van der Waals surface area contributed by atoms with Crippen molar-refractivity contribution in [1.29, 1.82) is 0 Å². The highest BCUT2D eigenvalue weighted by Crippen LogP contribution is 2.37. The SMILES string of the molecule is FCCCCCn1cc(-c2nc(-c3cncc4ccccc34)cc3ccccc23)c2ccccc21. The molecule has 0 aliphatic rings. The maximum absolute atomic E-state index is 12.6. The summed E-state index contributed by atoms with van der Waals surface area (Å²) in [5, 5.41) is 5.71. The lowest BCUT2D eigenvalue weighted by Gasteiger charge is -2.11. The minimum Gasteiger partial charge on any atom is -0.347 e. The second-order valence-electron chi connectivity index (χ2n) is 8.99. The van der Waals surface area contributed by atoms with Crippen LogP contribution in [0.15, 0.2) is 97.5 Å². The molecule has 6 aromatic rings. The number of benzene rings is 3. The van der Waals surface area contributed by atoms with Gasteiger partial charge in [0.2, 0.25) is 0 Å². The monoisotopic (exact) mass is 459 g/mol. The van der Waals surface area contributed by atoms with Crippen LogP contribution in [0.1, 0.15) is 19.3 Å². The van der Waals surface area contributed by atoms with E-state index < -0.39 is 0 Å². The molecular formula is C31H26FN3. The number of aromatic nitrogens is 3. The van der Waals surface area contributed by atoms with Crippen LogP contribution in [0.4, 0.5) is 4.39 Å². The molecule has 0 N–H and O–H groups in total. The Balaban J connectivity index is 1.56. The Bertz CT molecular complexity index is 1650. The lowest BCUT2D eigenvalue weighted by atomic mass is 9.99. The molecule has 0 unspecified atom stereocenters. The van der Waals surface area contributed by atoms with Crippen LogP contribution >= 0.6 is 0 Å². The third kappa shape index (κ3) is 3.95. The number of nitrogens with zero attached hydrogens (tertiary/aromatic N) is 3. The quantitative estimate of drug-likeness (QED) is 0.225. The molecule has 0 aliphatic heterocycles. The zero-order chi connectivity index (χ0) is 23.6. The van der Waals surface area contributed by atoms with E-state index in [1.165, 1.54) is 10.9 Å². The molecule has 0 spiro atoms. The number of hydrogen-bond donors (Lipinski definition) is 0. The van der Waals surface area contributed by atoms with E-state index >= 15 is 0 Å². The highest BCUT2D eigenvalue weighted by molar-refractivity contribution is 6.06. The highest BCUT2D eigenvalue weighted by atomic mass is 19.1. The van der Waals surface area contributed by atoms with Gasteiger partial charge in [-0.1, -0.05) is 66.7 Å². The fourth-order valence-corrected chi connectivity index (χ4v) is 5.04. The molecule has 3 heterocycles. The Labute approximate surface area is 203 Å². The number of aryl methyl sites for hydroxylation is 1. The van der Waals surface area contributed by atoms with E-state index in [1.807, 2.05) is 18.5 Å². The van der Waals surface area contributed by atoms with Gasteiger partial charge in [-0.15, -0.1) is 0 Å². The van der Waals surface area contributed by atoms with Crippen molar-refractivity contribution < 1.29 is 4.39 Å². The first-order valence-corrected chi connectivity index (χ1v) is 12.2. The smallest absolute Gasteiger partial charge is 0.0894 e. The molecule has 6 rings (SSSR count). The lowest BCUT2D eigenvalue weighted by Crippen LogP contribution is -1.96. The van der Waals surface area contributed by atoms with E-state index in [1.54, 1.807) is 0 Å². The number of halogens is 1. The molecule has 0 amide bonds. The van der Waals surface area contributed by atoms with Crippen molar-refractivity contribution in [2.24, 2.45) is 0 Å². The number of unbranched alkanes of at least 4 members (excludes halogenated alkanes) is 2. The summed E-state index contributed by atoms with van der Waals surface area (Å²) >= 11 is 0. The number of para-hydroxylation sites is 1. The standard InChI is InChI=1S/C31H26FN3/c32-16-8-1-9-17-35-21-28(26-14-6-7-15-30(26)35)31-25-13-5-2-10-22(25)18-29(34-31)27-20-33-19-23-11-3-4-12-24(23)27/h2-7,10-15,18-21H,1,8-9,16-17H2. The van der Waals surface area contributed by atoms with Crippen LogP contribution in [0.5, 0.6) is 0 Å². The van der Waals surface area contributed by atoms with E-state index in [2.05, 4.69) is 88.5 Å². The molecule has 3 aromatic heterocycles. The van der Waals surface area contributed by atoms with Gasteiger partial charge in [-0.2, -0.15) is 0 Å². The Morgan fingerprint density at radius 1 is 0.686 bits per heavy atom. The van der Waals surface area contributed by atoms with Gasteiger partial charge in [-0.25, -0.2) is 4.98 Å². The number of hydrogen-bond acceptors (Lipinski definition) is 2. The summed E-state index contributed by atoms with van der Waals surface area (Å²) in [7, 11) is 0. The van der Waals surface area contributed by atoms with Crippen molar-refractivity contribution in [3.63, 3.8) is 0 Å². The molecular weight excluding hydrogens is 433 g/mol. The summed E-state index contributed by atoms with van der Waals surface area (Å²) in [5.74, 6) is 0. The van der Waals surface area contributed by atoms with Crippen LogP contribution in [0.3, 0.4) is 0 Å². The van der Waals surface area contributed by atoms with Gasteiger partial charge in [-0.3, -0.25) is 9.37 Å². The highest BCUT2D eigenvalue weighted by Gasteiger charge is 2.16. The van der Waals surface area contributed by atoms with Gasteiger partial charge in [-0.05, 0) is 42.2 Å². The van der Waals surface area contributed by atoms with Crippen LogP contribution in [-0.2, 0) is 6.54 Å².